The number of benzene rings is 1. The molecular weight excluding hydrogens is 222 g/mol. The number of aromatic carboxylic acids is 1. The molecule has 0 saturated heterocycles. The molecule has 0 unspecified atom stereocenters. The van der Waals surface area contributed by atoms with Crippen LogP contribution in [0.25, 0.3) is 0 Å². The van der Waals surface area contributed by atoms with Crippen molar-refractivity contribution < 1.29 is 19.7 Å². The fourth-order valence-electron chi connectivity index (χ4n) is 1.25. The molecule has 1 aromatic carbocycles. The molecule has 5 nitrogen and oxygen atoms in total. The van der Waals surface area contributed by atoms with Gasteiger partial charge in [-0.15, -0.1) is 0 Å². The standard InChI is InChI=1S/C12H17NO4/c1-12(2,16)5-6-17-10-7-8(13)3-4-9(10)11(14)15/h3-4,7,16H,5-6,13H2,1-2H3,(H,14,15). The molecule has 1 rings (SSSR count). The molecule has 0 aliphatic heterocycles. The SMILES string of the molecule is CC(C)(O)CCOc1cc(N)ccc1C(=O)O. The summed E-state index contributed by atoms with van der Waals surface area (Å²) in [6, 6.07) is 4.37. The molecule has 0 amide bonds. The van der Waals surface area contributed by atoms with Crippen molar-refractivity contribution >= 4 is 11.7 Å². The Morgan fingerprint density at radius 3 is 2.65 bits per heavy atom. The van der Waals surface area contributed by atoms with Gasteiger partial charge in [0.1, 0.15) is 11.3 Å². The quantitative estimate of drug-likeness (QED) is 0.677. The average molecular weight is 239 g/mol. The van der Waals surface area contributed by atoms with Crippen LogP contribution in [0.1, 0.15) is 30.6 Å². The number of anilines is 1. The Hall–Kier alpha value is -1.75. The van der Waals surface area contributed by atoms with Crippen molar-refractivity contribution in [2.75, 3.05) is 12.3 Å². The molecule has 0 heterocycles. The van der Waals surface area contributed by atoms with E-state index in [1.54, 1.807) is 13.8 Å². The maximum Gasteiger partial charge on any atom is 0.339 e. The Bertz CT molecular complexity index is 409. The molecule has 17 heavy (non-hydrogen) atoms. The Kier molecular flexibility index (Phi) is 3.96. The molecule has 94 valence electrons. The van der Waals surface area contributed by atoms with Crippen LogP contribution in [0.15, 0.2) is 18.2 Å². The highest BCUT2D eigenvalue weighted by atomic mass is 16.5. The average Bonchev–Trinajstić information content (AvgIpc) is 2.15. The molecule has 4 N–H and O–H groups in total. The first-order valence-electron chi connectivity index (χ1n) is 5.27. The number of aliphatic hydroxyl groups is 1. The minimum absolute atomic E-state index is 0.0648. The molecular formula is C12H17NO4. The largest absolute Gasteiger partial charge is 0.492 e. The smallest absolute Gasteiger partial charge is 0.339 e. The van der Waals surface area contributed by atoms with Gasteiger partial charge in [-0.25, -0.2) is 4.79 Å². The third kappa shape index (κ3) is 4.32. The van der Waals surface area contributed by atoms with Crippen molar-refractivity contribution in [3.8, 4) is 5.75 Å². The second-order valence-corrected chi connectivity index (χ2v) is 4.47. The zero-order valence-corrected chi connectivity index (χ0v) is 9.93. The lowest BCUT2D eigenvalue weighted by Crippen LogP contribution is -2.22. The Morgan fingerprint density at radius 2 is 2.12 bits per heavy atom. The van der Waals surface area contributed by atoms with Crippen LogP contribution >= 0.6 is 0 Å². The number of nitrogens with two attached hydrogens (primary N) is 1. The second kappa shape index (κ2) is 5.05. The van der Waals surface area contributed by atoms with Crippen molar-refractivity contribution in [2.45, 2.75) is 25.9 Å². The first kappa shape index (κ1) is 13.3. The number of rotatable bonds is 5. The summed E-state index contributed by atoms with van der Waals surface area (Å²) in [4.78, 5) is 10.9. The molecule has 0 fully saturated rings. The van der Waals surface area contributed by atoms with Crippen LogP contribution in [0.2, 0.25) is 0 Å². The molecule has 0 saturated carbocycles. The van der Waals surface area contributed by atoms with Gasteiger partial charge < -0.3 is 20.7 Å². The maximum atomic E-state index is 10.9. The number of hydrogen-bond acceptors (Lipinski definition) is 4. The van der Waals surface area contributed by atoms with Gasteiger partial charge in [0.2, 0.25) is 0 Å². The molecule has 0 bridgehead atoms. The van der Waals surface area contributed by atoms with E-state index in [4.69, 9.17) is 15.6 Å². The number of hydrogen-bond donors (Lipinski definition) is 3. The first-order chi connectivity index (χ1) is 7.79. The van der Waals surface area contributed by atoms with Crippen molar-refractivity contribution in [3.63, 3.8) is 0 Å². The molecule has 0 aliphatic rings. The monoisotopic (exact) mass is 239 g/mol. The van der Waals surface area contributed by atoms with Crippen molar-refractivity contribution in [1.82, 2.24) is 0 Å². The number of nitrogen functional groups attached to an aromatic ring is 1. The molecule has 0 aromatic heterocycles. The Labute approximate surface area is 99.8 Å². The zero-order valence-electron chi connectivity index (χ0n) is 9.93. The fraction of sp³-hybridized carbons (Fsp3) is 0.417. The summed E-state index contributed by atoms with van der Waals surface area (Å²) in [5.74, 6) is -0.843. The van der Waals surface area contributed by atoms with Gasteiger partial charge in [0, 0.05) is 18.2 Å². The van der Waals surface area contributed by atoms with Crippen LogP contribution < -0.4 is 10.5 Å². The molecule has 0 aliphatic carbocycles. The van der Waals surface area contributed by atoms with E-state index in [1.807, 2.05) is 0 Å². The number of carbonyl (C=O) groups is 1. The minimum Gasteiger partial charge on any atom is -0.492 e. The van der Waals surface area contributed by atoms with E-state index in [-0.39, 0.29) is 17.9 Å². The van der Waals surface area contributed by atoms with Gasteiger partial charge in [0.05, 0.1) is 12.2 Å². The number of ether oxygens (including phenoxy) is 1. The van der Waals surface area contributed by atoms with Crippen LogP contribution in [0.3, 0.4) is 0 Å². The van der Waals surface area contributed by atoms with Crippen LogP contribution in [0, 0.1) is 0 Å². The summed E-state index contributed by atoms with van der Waals surface area (Å²) in [6.07, 6.45) is 0.404. The molecule has 5 heteroatoms. The molecule has 0 atom stereocenters. The van der Waals surface area contributed by atoms with Gasteiger partial charge in [-0.05, 0) is 26.0 Å². The minimum atomic E-state index is -1.07. The van der Waals surface area contributed by atoms with E-state index in [9.17, 15) is 9.90 Å². The highest BCUT2D eigenvalue weighted by molar-refractivity contribution is 5.91. The van der Waals surface area contributed by atoms with E-state index in [2.05, 4.69) is 0 Å². The maximum absolute atomic E-state index is 10.9. The normalized spacial score (nSPS) is 11.2. The molecule has 0 radical (unpaired) electrons. The number of carboxylic acid groups (broad SMARTS) is 1. The van der Waals surface area contributed by atoms with Crippen LogP contribution in [-0.2, 0) is 0 Å². The van der Waals surface area contributed by atoms with Crippen LogP contribution in [0.5, 0.6) is 5.75 Å². The van der Waals surface area contributed by atoms with Crippen LogP contribution in [0.4, 0.5) is 5.69 Å². The van der Waals surface area contributed by atoms with Gasteiger partial charge in [-0.1, -0.05) is 0 Å². The topological polar surface area (TPSA) is 92.8 Å². The van der Waals surface area contributed by atoms with Gasteiger partial charge in [-0.2, -0.15) is 0 Å². The number of carboxylic acids is 1. The fourth-order valence-corrected chi connectivity index (χ4v) is 1.25. The van der Waals surface area contributed by atoms with Crippen molar-refractivity contribution in [1.29, 1.82) is 0 Å². The Balaban J connectivity index is 2.75. The lowest BCUT2D eigenvalue weighted by Gasteiger charge is -2.17. The third-order valence-electron chi connectivity index (χ3n) is 2.21. The van der Waals surface area contributed by atoms with Crippen LogP contribution in [-0.4, -0.2) is 28.4 Å². The van der Waals surface area contributed by atoms with E-state index in [0.717, 1.165) is 0 Å². The van der Waals surface area contributed by atoms with Gasteiger partial charge >= 0.3 is 5.97 Å². The summed E-state index contributed by atoms with van der Waals surface area (Å²) in [5, 5.41) is 18.5. The summed E-state index contributed by atoms with van der Waals surface area (Å²) in [6.45, 7) is 3.55. The molecule has 0 spiro atoms. The van der Waals surface area contributed by atoms with E-state index in [0.29, 0.717) is 12.1 Å². The molecule has 1 aromatic rings. The third-order valence-corrected chi connectivity index (χ3v) is 2.21. The van der Waals surface area contributed by atoms with E-state index < -0.39 is 11.6 Å². The zero-order chi connectivity index (χ0) is 13.1. The predicted octanol–water partition coefficient (Wildman–Crippen LogP) is 1.51. The second-order valence-electron chi connectivity index (χ2n) is 4.47. The van der Waals surface area contributed by atoms with Gasteiger partial charge in [0.25, 0.3) is 0 Å². The van der Waals surface area contributed by atoms with E-state index >= 15 is 0 Å². The van der Waals surface area contributed by atoms with Crippen molar-refractivity contribution in [2.24, 2.45) is 0 Å². The summed E-state index contributed by atoms with van der Waals surface area (Å²) in [7, 11) is 0. The predicted molar refractivity (Wildman–Crippen MR) is 64.2 cm³/mol. The first-order valence-corrected chi connectivity index (χ1v) is 5.27. The van der Waals surface area contributed by atoms with E-state index in [1.165, 1.54) is 18.2 Å². The van der Waals surface area contributed by atoms with Gasteiger partial charge in [0.15, 0.2) is 0 Å². The van der Waals surface area contributed by atoms with Gasteiger partial charge in [-0.3, -0.25) is 0 Å². The highest BCUT2D eigenvalue weighted by Gasteiger charge is 2.15. The lowest BCUT2D eigenvalue weighted by molar-refractivity contribution is 0.0548. The summed E-state index contributed by atoms with van der Waals surface area (Å²) >= 11 is 0. The lowest BCUT2D eigenvalue weighted by atomic mass is 10.1. The summed E-state index contributed by atoms with van der Waals surface area (Å²) < 4.78 is 5.33. The summed E-state index contributed by atoms with van der Waals surface area (Å²) in [5.41, 5.74) is 5.22. The van der Waals surface area contributed by atoms with Crippen molar-refractivity contribution in [3.05, 3.63) is 23.8 Å². The highest BCUT2D eigenvalue weighted by Crippen LogP contribution is 2.22. The Morgan fingerprint density at radius 1 is 1.47 bits per heavy atom.